The molecule has 3 N–H and O–H groups in total. The molecule has 4 rings (SSSR count). The van der Waals surface area contributed by atoms with Crippen molar-refractivity contribution in [1.29, 1.82) is 0 Å². The summed E-state index contributed by atoms with van der Waals surface area (Å²) in [5.74, 6) is -1.51. The molecule has 2 atom stereocenters. The third-order valence-electron chi connectivity index (χ3n) is 6.05. The second-order valence-corrected chi connectivity index (χ2v) is 9.82. The van der Waals surface area contributed by atoms with Gasteiger partial charge >= 0.3 is 18.2 Å². The Labute approximate surface area is 215 Å². The van der Waals surface area contributed by atoms with E-state index in [2.05, 4.69) is 10.6 Å². The van der Waals surface area contributed by atoms with Gasteiger partial charge in [-0.3, -0.25) is 0 Å². The number of alkyl carbamates (subject to hydrolysis) is 2. The zero-order valence-electron chi connectivity index (χ0n) is 20.9. The van der Waals surface area contributed by atoms with Gasteiger partial charge in [-0.05, 0) is 48.6 Å². The molecule has 8 heteroatoms. The Balaban J connectivity index is 1.50. The number of benzene rings is 3. The molecule has 0 spiro atoms. The average Bonchev–Trinajstić information content (AvgIpc) is 3.18. The van der Waals surface area contributed by atoms with E-state index < -0.39 is 35.8 Å². The lowest BCUT2D eigenvalue weighted by Gasteiger charge is -2.28. The number of fused-ring (bicyclic) bond motifs is 3. The molecule has 2 amide bonds. The lowest BCUT2D eigenvalue weighted by atomic mass is 9.98. The topological polar surface area (TPSA) is 114 Å². The normalized spacial score (nSPS) is 14.0. The van der Waals surface area contributed by atoms with E-state index >= 15 is 0 Å². The molecule has 192 valence electrons. The fraction of sp³-hybridized carbons (Fsp3) is 0.276. The van der Waals surface area contributed by atoms with E-state index in [9.17, 15) is 19.5 Å². The first-order valence-electron chi connectivity index (χ1n) is 12.0. The van der Waals surface area contributed by atoms with E-state index in [1.54, 1.807) is 51.1 Å². The van der Waals surface area contributed by atoms with Crippen molar-refractivity contribution in [3.63, 3.8) is 0 Å². The predicted octanol–water partition coefficient (Wildman–Crippen LogP) is 5.24. The van der Waals surface area contributed by atoms with Crippen LogP contribution in [-0.2, 0) is 14.3 Å². The summed E-state index contributed by atoms with van der Waals surface area (Å²) in [5.41, 5.74) is 3.95. The maximum Gasteiger partial charge on any atom is 0.408 e. The lowest BCUT2D eigenvalue weighted by Crippen LogP contribution is -2.51. The van der Waals surface area contributed by atoms with E-state index in [4.69, 9.17) is 9.47 Å². The van der Waals surface area contributed by atoms with Crippen molar-refractivity contribution >= 4 is 18.2 Å². The summed E-state index contributed by atoms with van der Waals surface area (Å²) in [5, 5.41) is 15.0. The quantitative estimate of drug-likeness (QED) is 0.407. The number of carboxylic acid groups (broad SMARTS) is 1. The number of nitrogens with one attached hydrogen (secondary N) is 2. The fourth-order valence-corrected chi connectivity index (χ4v) is 4.51. The van der Waals surface area contributed by atoms with E-state index in [1.807, 2.05) is 48.5 Å². The minimum absolute atomic E-state index is 0.0295. The van der Waals surface area contributed by atoms with Crippen molar-refractivity contribution in [1.82, 2.24) is 10.6 Å². The number of aliphatic carboxylic acids is 1. The molecule has 0 fully saturated rings. The SMILES string of the molecule is CC(C)(C)OC(=O)N[C@H](c1ccccc1)C(NC(=O)OCC1c2ccccc2-c2ccccc21)C(=O)O. The maximum absolute atomic E-state index is 12.8. The standard InChI is InChI=1S/C29H30N2O6/c1-29(2,3)37-28(35)30-24(18-11-5-4-6-12-18)25(26(32)33)31-27(34)36-17-23-21-15-9-7-13-19(21)20-14-8-10-16-22(20)23/h4-16,23-25H,17H2,1-3H3,(H,30,35)(H,31,34)(H,32,33)/t24-,25?/m1/s1. The molecule has 1 aliphatic rings. The van der Waals surface area contributed by atoms with Crippen LogP contribution in [0.25, 0.3) is 11.1 Å². The number of rotatable bonds is 7. The van der Waals surface area contributed by atoms with Crippen LogP contribution in [-0.4, -0.2) is 41.5 Å². The first-order chi connectivity index (χ1) is 17.6. The first-order valence-corrected chi connectivity index (χ1v) is 12.0. The van der Waals surface area contributed by atoms with Gasteiger partial charge in [0.25, 0.3) is 0 Å². The summed E-state index contributed by atoms with van der Waals surface area (Å²) < 4.78 is 10.9. The monoisotopic (exact) mass is 502 g/mol. The van der Waals surface area contributed by atoms with Gasteiger partial charge in [-0.15, -0.1) is 0 Å². The number of carbonyl (C=O) groups excluding carboxylic acids is 2. The van der Waals surface area contributed by atoms with Crippen LogP contribution >= 0.6 is 0 Å². The molecule has 0 aromatic heterocycles. The van der Waals surface area contributed by atoms with Crippen molar-refractivity contribution in [2.24, 2.45) is 0 Å². The molecular formula is C29H30N2O6. The zero-order chi connectivity index (χ0) is 26.6. The summed E-state index contributed by atoms with van der Waals surface area (Å²) in [4.78, 5) is 37.6. The maximum atomic E-state index is 12.8. The fourth-order valence-electron chi connectivity index (χ4n) is 4.51. The molecule has 0 aliphatic heterocycles. The summed E-state index contributed by atoms with van der Waals surface area (Å²) in [6.07, 6.45) is -1.71. The molecular weight excluding hydrogens is 472 g/mol. The van der Waals surface area contributed by atoms with Gasteiger partial charge in [0, 0.05) is 5.92 Å². The van der Waals surface area contributed by atoms with Crippen molar-refractivity contribution in [2.75, 3.05) is 6.61 Å². The van der Waals surface area contributed by atoms with Crippen LogP contribution in [0.4, 0.5) is 9.59 Å². The number of carboxylic acids is 1. The minimum Gasteiger partial charge on any atom is -0.480 e. The van der Waals surface area contributed by atoms with Crippen molar-refractivity contribution in [2.45, 2.75) is 44.4 Å². The Morgan fingerprint density at radius 3 is 1.89 bits per heavy atom. The molecule has 0 heterocycles. The second-order valence-electron chi connectivity index (χ2n) is 9.82. The Bertz CT molecular complexity index is 1240. The van der Waals surface area contributed by atoms with Crippen LogP contribution < -0.4 is 10.6 Å². The van der Waals surface area contributed by atoms with Crippen LogP contribution in [0.1, 0.15) is 49.4 Å². The van der Waals surface area contributed by atoms with Gasteiger partial charge in [0.2, 0.25) is 0 Å². The van der Waals surface area contributed by atoms with Crippen molar-refractivity contribution in [3.05, 3.63) is 95.6 Å². The molecule has 3 aromatic rings. The van der Waals surface area contributed by atoms with Gasteiger partial charge in [-0.1, -0.05) is 78.9 Å². The molecule has 0 radical (unpaired) electrons. The molecule has 3 aromatic carbocycles. The number of carbonyl (C=O) groups is 3. The molecule has 1 aliphatic carbocycles. The Kier molecular flexibility index (Phi) is 7.47. The predicted molar refractivity (Wildman–Crippen MR) is 138 cm³/mol. The van der Waals surface area contributed by atoms with E-state index in [0.717, 1.165) is 22.3 Å². The number of hydrogen-bond acceptors (Lipinski definition) is 5. The molecule has 0 saturated heterocycles. The van der Waals surface area contributed by atoms with Crippen LogP contribution in [0.2, 0.25) is 0 Å². The minimum atomic E-state index is -1.51. The molecule has 0 saturated carbocycles. The smallest absolute Gasteiger partial charge is 0.408 e. The van der Waals surface area contributed by atoms with Crippen molar-refractivity contribution in [3.8, 4) is 11.1 Å². The Morgan fingerprint density at radius 1 is 0.811 bits per heavy atom. The van der Waals surface area contributed by atoms with Gasteiger partial charge < -0.3 is 25.2 Å². The van der Waals surface area contributed by atoms with Crippen molar-refractivity contribution < 1.29 is 29.0 Å². The zero-order valence-corrected chi connectivity index (χ0v) is 20.9. The number of hydrogen-bond donors (Lipinski definition) is 3. The van der Waals surface area contributed by atoms with E-state index in [1.165, 1.54) is 0 Å². The number of amides is 2. The van der Waals surface area contributed by atoms with Gasteiger partial charge in [0.15, 0.2) is 6.04 Å². The summed E-state index contributed by atoms with van der Waals surface area (Å²) >= 11 is 0. The molecule has 0 bridgehead atoms. The van der Waals surface area contributed by atoms with Gasteiger partial charge in [0.05, 0.1) is 6.04 Å². The van der Waals surface area contributed by atoms with Crippen LogP contribution in [0.3, 0.4) is 0 Å². The first kappa shape index (κ1) is 25.8. The third kappa shape index (κ3) is 6.09. The van der Waals surface area contributed by atoms with Gasteiger partial charge in [-0.2, -0.15) is 0 Å². The van der Waals surface area contributed by atoms with Crippen LogP contribution in [0.15, 0.2) is 78.9 Å². The lowest BCUT2D eigenvalue weighted by molar-refractivity contribution is -0.140. The number of ether oxygens (including phenoxy) is 2. The summed E-state index contributed by atoms with van der Waals surface area (Å²) in [6, 6.07) is 21.8. The average molecular weight is 503 g/mol. The highest BCUT2D eigenvalue weighted by molar-refractivity contribution is 5.82. The Hall–Kier alpha value is -4.33. The largest absolute Gasteiger partial charge is 0.480 e. The van der Waals surface area contributed by atoms with E-state index in [0.29, 0.717) is 5.56 Å². The second kappa shape index (κ2) is 10.7. The molecule has 8 nitrogen and oxygen atoms in total. The highest BCUT2D eigenvalue weighted by Crippen LogP contribution is 2.44. The summed E-state index contributed by atoms with van der Waals surface area (Å²) in [7, 11) is 0. The highest BCUT2D eigenvalue weighted by Gasteiger charge is 2.35. The summed E-state index contributed by atoms with van der Waals surface area (Å²) in [6.45, 7) is 5.14. The highest BCUT2D eigenvalue weighted by atomic mass is 16.6. The van der Waals surface area contributed by atoms with Gasteiger partial charge in [-0.25, -0.2) is 14.4 Å². The van der Waals surface area contributed by atoms with Crippen LogP contribution in [0.5, 0.6) is 0 Å². The molecule has 37 heavy (non-hydrogen) atoms. The van der Waals surface area contributed by atoms with Gasteiger partial charge in [0.1, 0.15) is 12.2 Å². The third-order valence-corrected chi connectivity index (χ3v) is 6.05. The van der Waals surface area contributed by atoms with E-state index in [-0.39, 0.29) is 12.5 Å². The van der Waals surface area contributed by atoms with Crippen LogP contribution in [0, 0.1) is 0 Å². The molecule has 1 unspecified atom stereocenters. The Morgan fingerprint density at radius 2 is 1.35 bits per heavy atom.